The van der Waals surface area contributed by atoms with Crippen LogP contribution in [0.2, 0.25) is 0 Å². The van der Waals surface area contributed by atoms with Crippen molar-refractivity contribution in [2.45, 2.75) is 24.5 Å². The Balaban J connectivity index is 1.76. The molecule has 1 saturated heterocycles. The summed E-state index contributed by atoms with van der Waals surface area (Å²) in [4.78, 5) is 20.8. The highest BCUT2D eigenvalue weighted by Gasteiger charge is 2.44. The van der Waals surface area contributed by atoms with Gasteiger partial charge < -0.3 is 29.9 Å². The zero-order valence-corrected chi connectivity index (χ0v) is 15.0. The van der Waals surface area contributed by atoms with Gasteiger partial charge in [-0.15, -0.1) is 0 Å². The number of aliphatic hydroxyl groups is 3. The third-order valence-electron chi connectivity index (χ3n) is 4.79. The van der Waals surface area contributed by atoms with Crippen LogP contribution in [0.3, 0.4) is 0 Å². The van der Waals surface area contributed by atoms with Crippen molar-refractivity contribution in [2.75, 3.05) is 11.9 Å². The van der Waals surface area contributed by atoms with Crippen LogP contribution >= 0.6 is 0 Å². The van der Waals surface area contributed by atoms with Crippen molar-refractivity contribution in [3.63, 3.8) is 0 Å². The molecule has 0 aliphatic carbocycles. The summed E-state index contributed by atoms with van der Waals surface area (Å²) in [5, 5.41) is 42.1. The number of nitrogens with zero attached hydrogens (tertiary/aromatic N) is 4. The van der Waals surface area contributed by atoms with Crippen molar-refractivity contribution in [1.82, 2.24) is 14.5 Å². The molecule has 4 atom stereocenters. The van der Waals surface area contributed by atoms with Gasteiger partial charge in [0.25, 0.3) is 5.91 Å². The lowest BCUT2D eigenvalue weighted by Gasteiger charge is -2.17. The Kier molecular flexibility index (Phi) is 4.96. The van der Waals surface area contributed by atoms with Gasteiger partial charge in [-0.3, -0.25) is 4.79 Å². The van der Waals surface area contributed by atoms with E-state index in [1.807, 2.05) is 6.07 Å². The standard InChI is InChI=1S/C19H17N5O5/c20-6-11-7-24(19-15(27)14(26)12(8-25)29-19)17-13(11)16(21-9-22-17)23-18(28)10-4-2-1-3-5-10/h1-5,7,9,12,14-15,19,25-27H,8H2,(H,21,22,23,28)/t12-,14+,15+,19-/m0/s1. The summed E-state index contributed by atoms with van der Waals surface area (Å²) in [5.74, 6) is -0.277. The van der Waals surface area contributed by atoms with Crippen molar-refractivity contribution in [1.29, 1.82) is 5.26 Å². The molecule has 0 bridgehead atoms. The molecule has 148 valence electrons. The molecule has 0 saturated carbocycles. The Morgan fingerprint density at radius 1 is 1.24 bits per heavy atom. The lowest BCUT2D eigenvalue weighted by Crippen LogP contribution is -2.33. The third-order valence-corrected chi connectivity index (χ3v) is 4.79. The molecule has 1 amide bonds. The lowest BCUT2D eigenvalue weighted by molar-refractivity contribution is -0.0508. The first-order valence-electron chi connectivity index (χ1n) is 8.79. The van der Waals surface area contributed by atoms with E-state index < -0.39 is 37.1 Å². The van der Waals surface area contributed by atoms with Gasteiger partial charge in [-0.2, -0.15) is 5.26 Å². The van der Waals surface area contributed by atoms with Gasteiger partial charge in [0.1, 0.15) is 42.2 Å². The highest BCUT2D eigenvalue weighted by atomic mass is 16.6. The topological polar surface area (TPSA) is 154 Å². The van der Waals surface area contributed by atoms with Crippen molar-refractivity contribution in [2.24, 2.45) is 0 Å². The Bertz CT molecular complexity index is 1090. The minimum atomic E-state index is -1.34. The molecule has 1 fully saturated rings. The normalized spacial score (nSPS) is 23.8. The summed E-state index contributed by atoms with van der Waals surface area (Å²) >= 11 is 0. The first-order chi connectivity index (χ1) is 14.0. The molecule has 3 heterocycles. The average molecular weight is 395 g/mol. The molecule has 0 spiro atoms. The third kappa shape index (κ3) is 3.22. The zero-order valence-electron chi connectivity index (χ0n) is 15.0. The maximum absolute atomic E-state index is 12.5. The maximum atomic E-state index is 12.5. The van der Waals surface area contributed by atoms with Crippen LogP contribution < -0.4 is 5.32 Å². The number of rotatable bonds is 4. The highest BCUT2D eigenvalue weighted by molar-refractivity contribution is 6.08. The number of anilines is 1. The number of ether oxygens (including phenoxy) is 1. The molecule has 2 aromatic heterocycles. The summed E-state index contributed by atoms with van der Waals surface area (Å²) in [5.41, 5.74) is 0.803. The molecule has 1 aliphatic rings. The second kappa shape index (κ2) is 7.57. The summed E-state index contributed by atoms with van der Waals surface area (Å²) in [7, 11) is 0. The quantitative estimate of drug-likeness (QED) is 0.487. The molecule has 0 unspecified atom stereocenters. The van der Waals surface area contributed by atoms with Crippen LogP contribution in [0.15, 0.2) is 42.9 Å². The van der Waals surface area contributed by atoms with Gasteiger partial charge in [0.15, 0.2) is 6.23 Å². The number of fused-ring (bicyclic) bond motifs is 1. The van der Waals surface area contributed by atoms with Crippen LogP contribution in [0.1, 0.15) is 22.1 Å². The van der Waals surface area contributed by atoms with E-state index in [1.54, 1.807) is 30.3 Å². The number of carbonyl (C=O) groups excluding carboxylic acids is 1. The fourth-order valence-corrected chi connectivity index (χ4v) is 3.34. The van der Waals surface area contributed by atoms with Crippen LogP contribution in [0.25, 0.3) is 11.0 Å². The predicted octanol–water partition coefficient (Wildman–Crippen LogP) is 0.167. The Morgan fingerprint density at radius 2 is 2.00 bits per heavy atom. The van der Waals surface area contributed by atoms with Gasteiger partial charge in [0.05, 0.1) is 17.6 Å². The number of carbonyl (C=O) groups is 1. The van der Waals surface area contributed by atoms with Gasteiger partial charge in [-0.1, -0.05) is 18.2 Å². The van der Waals surface area contributed by atoms with Crippen LogP contribution in [-0.2, 0) is 4.74 Å². The molecule has 4 rings (SSSR count). The molecule has 10 nitrogen and oxygen atoms in total. The smallest absolute Gasteiger partial charge is 0.256 e. The Morgan fingerprint density at radius 3 is 2.66 bits per heavy atom. The van der Waals surface area contributed by atoms with E-state index in [0.717, 1.165) is 0 Å². The average Bonchev–Trinajstić information content (AvgIpc) is 3.26. The summed E-state index contributed by atoms with van der Waals surface area (Å²) in [6, 6.07) is 10.5. The molecule has 1 aromatic carbocycles. The predicted molar refractivity (Wildman–Crippen MR) is 99.6 cm³/mol. The summed E-state index contributed by atoms with van der Waals surface area (Å²) < 4.78 is 6.92. The fraction of sp³-hybridized carbons (Fsp3) is 0.263. The van der Waals surface area contributed by atoms with E-state index in [9.17, 15) is 25.4 Å². The number of hydrogen-bond acceptors (Lipinski definition) is 8. The minimum absolute atomic E-state index is 0.130. The first-order valence-corrected chi connectivity index (χ1v) is 8.79. The van der Waals surface area contributed by atoms with Crippen molar-refractivity contribution in [3.05, 3.63) is 54.0 Å². The van der Waals surface area contributed by atoms with Crippen molar-refractivity contribution >= 4 is 22.8 Å². The van der Waals surface area contributed by atoms with Gasteiger partial charge in [0.2, 0.25) is 0 Å². The Labute approximate surface area is 164 Å². The number of benzene rings is 1. The summed E-state index contributed by atoms with van der Waals surface area (Å²) in [6.45, 7) is -0.480. The minimum Gasteiger partial charge on any atom is -0.394 e. The Hall–Kier alpha value is -3.36. The lowest BCUT2D eigenvalue weighted by atomic mass is 10.1. The van der Waals surface area contributed by atoms with E-state index in [2.05, 4.69) is 15.3 Å². The molecular formula is C19H17N5O5. The van der Waals surface area contributed by atoms with Gasteiger partial charge in [-0.05, 0) is 12.1 Å². The molecule has 0 radical (unpaired) electrons. The number of amides is 1. The van der Waals surface area contributed by atoms with Gasteiger partial charge >= 0.3 is 0 Å². The second-order valence-corrected chi connectivity index (χ2v) is 6.53. The molecule has 29 heavy (non-hydrogen) atoms. The number of aliphatic hydroxyl groups excluding tert-OH is 3. The van der Waals surface area contributed by atoms with Crippen LogP contribution in [0.4, 0.5) is 5.82 Å². The zero-order chi connectivity index (χ0) is 20.5. The SMILES string of the molecule is N#Cc1cn([C@H]2O[C@@H](CO)[C@@H](O)[C@H]2O)c2ncnc(NC(=O)c3ccccc3)c12. The van der Waals surface area contributed by atoms with E-state index in [-0.39, 0.29) is 22.4 Å². The number of nitriles is 1. The van der Waals surface area contributed by atoms with E-state index in [4.69, 9.17) is 4.74 Å². The van der Waals surface area contributed by atoms with E-state index in [1.165, 1.54) is 17.1 Å². The first kappa shape index (κ1) is 19.0. The number of aromatic nitrogens is 3. The van der Waals surface area contributed by atoms with Crippen molar-refractivity contribution in [3.8, 4) is 6.07 Å². The van der Waals surface area contributed by atoms with Crippen LogP contribution in [-0.4, -0.2) is 60.7 Å². The van der Waals surface area contributed by atoms with E-state index in [0.29, 0.717) is 5.56 Å². The number of nitrogens with one attached hydrogen (secondary N) is 1. The molecule has 10 heteroatoms. The van der Waals surface area contributed by atoms with Crippen LogP contribution in [0.5, 0.6) is 0 Å². The summed E-state index contributed by atoms with van der Waals surface area (Å²) in [6.07, 6.45) is -2.07. The monoisotopic (exact) mass is 395 g/mol. The van der Waals surface area contributed by atoms with Crippen molar-refractivity contribution < 1.29 is 24.9 Å². The molecule has 3 aromatic rings. The second-order valence-electron chi connectivity index (χ2n) is 6.53. The maximum Gasteiger partial charge on any atom is 0.256 e. The molecule has 4 N–H and O–H groups in total. The highest BCUT2D eigenvalue weighted by Crippen LogP contribution is 2.34. The van der Waals surface area contributed by atoms with Gasteiger partial charge in [0, 0.05) is 11.8 Å². The largest absolute Gasteiger partial charge is 0.394 e. The molecule has 1 aliphatic heterocycles. The van der Waals surface area contributed by atoms with Crippen LogP contribution in [0, 0.1) is 11.3 Å². The molecular weight excluding hydrogens is 378 g/mol. The fourth-order valence-electron chi connectivity index (χ4n) is 3.34. The van der Waals surface area contributed by atoms with E-state index >= 15 is 0 Å². The number of hydrogen-bond donors (Lipinski definition) is 4. The van der Waals surface area contributed by atoms with Gasteiger partial charge in [-0.25, -0.2) is 9.97 Å².